The van der Waals surface area contributed by atoms with Gasteiger partial charge in [-0.15, -0.1) is 0 Å². The first kappa shape index (κ1) is 47.2. The number of pyridine rings is 2. The minimum Gasteiger partial charge on any atom is -0.493 e. The fraction of sp³-hybridized carbons (Fsp3) is 0.160. The molecule has 0 atom stereocenters. The second-order valence-corrected chi connectivity index (χ2v) is 18.2. The van der Waals surface area contributed by atoms with Gasteiger partial charge in [0.2, 0.25) is 9.84 Å². The number of aromatic nitrogens is 2. The van der Waals surface area contributed by atoms with Gasteiger partial charge in [0, 0.05) is 58.2 Å². The van der Waals surface area contributed by atoms with Crippen molar-refractivity contribution in [2.45, 2.75) is 22.6 Å². The number of hydrogen-bond acceptors (Lipinski definition) is 12. The van der Waals surface area contributed by atoms with E-state index in [9.17, 15) is 0 Å². The van der Waals surface area contributed by atoms with Crippen molar-refractivity contribution in [1.82, 2.24) is 9.97 Å². The average Bonchev–Trinajstić information content (AvgIpc) is 3.32. The summed E-state index contributed by atoms with van der Waals surface area (Å²) in [6.07, 6.45) is 3.48. The van der Waals surface area contributed by atoms with Crippen molar-refractivity contribution in [2.75, 3.05) is 41.7 Å². The molecule has 12 nitrogen and oxygen atoms in total. The SMILES string of the molecule is COc1cc2nccc(Oc3ccc(S(=O)(=O)c4ccc(Oc5ccnc6cc(OC)c(OC)cc56)cc4CCOc4ccc(Cl)cc4Cl)c(CCOc4ccc(Cl)cc4Cl)c3)c2cc1OC. The topological polar surface area (TPSA) is 134 Å². The first-order chi connectivity index (χ1) is 32.4. The average molecular weight is 1000 g/mol. The van der Waals surface area contributed by atoms with E-state index in [2.05, 4.69) is 9.97 Å². The molecule has 2 heterocycles. The van der Waals surface area contributed by atoms with Gasteiger partial charge in [0.1, 0.15) is 34.5 Å². The summed E-state index contributed by atoms with van der Waals surface area (Å²) in [6.45, 7) is 0.1000. The molecule has 6 aromatic carbocycles. The Bertz CT molecular complexity index is 3040. The summed E-state index contributed by atoms with van der Waals surface area (Å²) >= 11 is 25.1. The number of rotatable bonds is 18. The van der Waals surface area contributed by atoms with Crippen LogP contribution in [0.2, 0.25) is 20.1 Å². The molecule has 0 unspecified atom stereocenters. The van der Waals surface area contributed by atoms with E-state index in [0.717, 1.165) is 0 Å². The molecule has 0 saturated heterocycles. The Balaban J connectivity index is 1.18. The summed E-state index contributed by atoms with van der Waals surface area (Å²) < 4.78 is 77.5. The monoisotopic (exact) mass is 1000 g/mol. The molecule has 2 aromatic heterocycles. The molecule has 0 aliphatic heterocycles. The number of halogens is 4. The van der Waals surface area contributed by atoms with E-state index in [1.807, 2.05) is 0 Å². The van der Waals surface area contributed by atoms with E-state index < -0.39 is 9.84 Å². The second-order valence-electron chi connectivity index (χ2n) is 14.7. The minimum atomic E-state index is -4.29. The van der Waals surface area contributed by atoms with Gasteiger partial charge in [-0.3, -0.25) is 9.97 Å². The Morgan fingerprint density at radius 3 is 1.24 bits per heavy atom. The number of nitrogens with zero attached hydrogens (tertiary/aromatic N) is 2. The highest BCUT2D eigenvalue weighted by atomic mass is 35.5. The lowest BCUT2D eigenvalue weighted by molar-refractivity contribution is 0.321. The normalized spacial score (nSPS) is 11.3. The van der Waals surface area contributed by atoms with Gasteiger partial charge >= 0.3 is 0 Å². The van der Waals surface area contributed by atoms with Crippen LogP contribution in [0.3, 0.4) is 0 Å². The quantitative estimate of drug-likeness (QED) is 0.0810. The highest BCUT2D eigenvalue weighted by molar-refractivity contribution is 7.91. The third-order valence-electron chi connectivity index (χ3n) is 10.6. The lowest BCUT2D eigenvalue weighted by Crippen LogP contribution is -2.13. The van der Waals surface area contributed by atoms with Crippen molar-refractivity contribution in [2.24, 2.45) is 0 Å². The maximum absolute atomic E-state index is 15.2. The maximum atomic E-state index is 15.2. The van der Waals surface area contributed by atoms with Gasteiger partial charge < -0.3 is 37.9 Å². The number of sulfone groups is 1. The lowest BCUT2D eigenvalue weighted by atomic mass is 10.1. The maximum Gasteiger partial charge on any atom is 0.207 e. The molecule has 0 amide bonds. The highest BCUT2D eigenvalue weighted by Gasteiger charge is 2.26. The zero-order valence-electron chi connectivity index (χ0n) is 36.3. The number of hydrogen-bond donors (Lipinski definition) is 0. The lowest BCUT2D eigenvalue weighted by Gasteiger charge is -2.18. The van der Waals surface area contributed by atoms with Crippen LogP contribution in [0, 0.1) is 0 Å². The molecule has 0 N–H and O–H groups in total. The summed E-state index contributed by atoms with van der Waals surface area (Å²) in [5.74, 6) is 4.36. The van der Waals surface area contributed by atoms with E-state index in [1.165, 1.54) is 26.4 Å². The largest absolute Gasteiger partial charge is 0.493 e. The molecule has 0 fully saturated rings. The van der Waals surface area contributed by atoms with Crippen LogP contribution >= 0.6 is 46.4 Å². The van der Waals surface area contributed by atoms with Gasteiger partial charge in [0.05, 0.1) is 72.5 Å². The number of fused-ring (bicyclic) bond motifs is 2. The second kappa shape index (κ2) is 20.7. The first-order valence-electron chi connectivity index (χ1n) is 20.4. The van der Waals surface area contributed by atoms with E-state index in [4.69, 9.17) is 84.3 Å². The van der Waals surface area contributed by atoms with Gasteiger partial charge in [-0.1, -0.05) is 46.4 Å². The molecule has 0 radical (unpaired) electrons. The molecular weight excluding hydrogens is 962 g/mol. The molecule has 8 aromatic rings. The molecule has 0 aliphatic rings. The summed E-state index contributed by atoms with van der Waals surface area (Å²) in [5.41, 5.74) is 2.01. The summed E-state index contributed by atoms with van der Waals surface area (Å²) in [7, 11) is 1.88. The number of methoxy groups -OCH3 is 4. The minimum absolute atomic E-state index is 0.0226. The molecule has 0 saturated carbocycles. The third-order valence-corrected chi connectivity index (χ3v) is 13.6. The fourth-order valence-electron chi connectivity index (χ4n) is 7.33. The molecule has 8 rings (SSSR count). The Kier molecular flexibility index (Phi) is 14.5. The Morgan fingerprint density at radius 2 is 0.851 bits per heavy atom. The van der Waals surface area contributed by atoms with Gasteiger partial charge in [-0.2, -0.15) is 0 Å². The standard InChI is InChI=1S/C50H40Cl4N2O10S/c1-59-45-25-35-39(27-47(45)61-3)55-17-13-41(35)65-33-7-11-49(29(21-33)15-19-63-43-9-5-31(51)23-37(43)53)67(57,58)50-12-8-34(22-30(50)16-20-64-44-10-6-32(52)24-38(44)54)66-42-14-18-56-40-28-48(62-4)46(60-2)26-36(40)42/h5-14,17-18,21-28H,15-16,19-20H2,1-4H3. The van der Waals surface area contributed by atoms with Crippen LogP contribution in [0.5, 0.6) is 57.5 Å². The predicted molar refractivity (Wildman–Crippen MR) is 259 cm³/mol. The predicted octanol–water partition coefficient (Wildman–Crippen LogP) is 13.1. The zero-order valence-corrected chi connectivity index (χ0v) is 40.1. The van der Waals surface area contributed by atoms with Crippen molar-refractivity contribution in [3.8, 4) is 57.5 Å². The Morgan fingerprint density at radius 1 is 0.448 bits per heavy atom. The Labute approximate surface area is 406 Å². The summed E-state index contributed by atoms with van der Waals surface area (Å²) in [6, 6.07) is 29.8. The number of ether oxygens (including phenoxy) is 8. The van der Waals surface area contributed by atoms with Crippen LogP contribution in [0.4, 0.5) is 0 Å². The third kappa shape index (κ3) is 10.5. The molecule has 17 heteroatoms. The molecule has 0 spiro atoms. The van der Waals surface area contributed by atoms with Crippen LogP contribution in [0.15, 0.2) is 131 Å². The van der Waals surface area contributed by atoms with E-state index in [1.54, 1.807) is 124 Å². The van der Waals surface area contributed by atoms with Crippen LogP contribution in [-0.2, 0) is 22.7 Å². The van der Waals surface area contributed by atoms with E-state index >= 15 is 8.42 Å². The van der Waals surface area contributed by atoms with Gasteiger partial charge in [0.15, 0.2) is 23.0 Å². The smallest absolute Gasteiger partial charge is 0.207 e. The molecule has 0 bridgehead atoms. The molecular formula is C50H40Cl4N2O10S. The zero-order chi connectivity index (χ0) is 47.2. The molecule has 344 valence electrons. The van der Waals surface area contributed by atoms with Crippen molar-refractivity contribution >= 4 is 78.0 Å². The van der Waals surface area contributed by atoms with Crippen LogP contribution in [0.25, 0.3) is 21.8 Å². The van der Waals surface area contributed by atoms with E-state index in [-0.39, 0.29) is 35.8 Å². The van der Waals surface area contributed by atoms with Crippen molar-refractivity contribution in [1.29, 1.82) is 0 Å². The van der Waals surface area contributed by atoms with Gasteiger partial charge in [-0.05, 0) is 108 Å². The van der Waals surface area contributed by atoms with Crippen molar-refractivity contribution in [3.05, 3.63) is 153 Å². The molecule has 67 heavy (non-hydrogen) atoms. The summed E-state index contributed by atoms with van der Waals surface area (Å²) in [5, 5.41) is 2.79. The van der Waals surface area contributed by atoms with Gasteiger partial charge in [-0.25, -0.2) is 8.42 Å². The van der Waals surface area contributed by atoms with Crippen LogP contribution in [0.1, 0.15) is 11.1 Å². The van der Waals surface area contributed by atoms with Gasteiger partial charge in [0.25, 0.3) is 0 Å². The Hall–Kier alpha value is -6.35. The number of benzene rings is 6. The van der Waals surface area contributed by atoms with Crippen molar-refractivity contribution < 1.29 is 46.3 Å². The fourth-order valence-corrected chi connectivity index (χ4v) is 10.00. The highest BCUT2D eigenvalue weighted by Crippen LogP contribution is 2.41. The van der Waals surface area contributed by atoms with E-state index in [0.29, 0.717) is 111 Å². The van der Waals surface area contributed by atoms with Crippen LogP contribution in [-0.4, -0.2) is 60.0 Å². The van der Waals surface area contributed by atoms with Crippen LogP contribution < -0.4 is 37.9 Å². The first-order valence-corrected chi connectivity index (χ1v) is 23.4. The van der Waals surface area contributed by atoms with Crippen molar-refractivity contribution in [3.63, 3.8) is 0 Å². The summed E-state index contributed by atoms with van der Waals surface area (Å²) in [4.78, 5) is 9.01. The molecule has 0 aliphatic carbocycles.